The van der Waals surface area contributed by atoms with Gasteiger partial charge in [-0.1, -0.05) is 199 Å². The minimum Gasteiger partial charge on any atom is -0.497 e. The van der Waals surface area contributed by atoms with Crippen molar-refractivity contribution in [3.8, 4) is 5.75 Å². The summed E-state index contributed by atoms with van der Waals surface area (Å²) in [5, 5.41) is 13.2. The highest BCUT2D eigenvalue weighted by Crippen LogP contribution is 2.44. The summed E-state index contributed by atoms with van der Waals surface area (Å²) in [4.78, 5) is 56.8. The van der Waals surface area contributed by atoms with Crippen LogP contribution in [0.5, 0.6) is 5.75 Å². The molecule has 2 amide bonds. The highest BCUT2D eigenvalue weighted by atomic mass is 35.5. The number of oxime groups is 1. The Morgan fingerprint density at radius 3 is 1.64 bits per heavy atom. The van der Waals surface area contributed by atoms with Crippen LogP contribution in [0.25, 0.3) is 0 Å². The number of hydrogen-bond acceptors (Lipinski definition) is 11. The lowest BCUT2D eigenvalue weighted by Crippen LogP contribution is -2.71. The van der Waals surface area contributed by atoms with E-state index in [9.17, 15) is 9.59 Å². The highest BCUT2D eigenvalue weighted by Gasteiger charge is 2.55. The van der Waals surface area contributed by atoms with Crippen LogP contribution < -0.4 is 15.4 Å². The summed E-state index contributed by atoms with van der Waals surface area (Å²) in [6.07, 6.45) is 0. The van der Waals surface area contributed by atoms with Crippen LogP contribution in [0.3, 0.4) is 0 Å². The second-order valence-corrected chi connectivity index (χ2v) is 19.4. The first-order valence-electron chi connectivity index (χ1n) is 23.5. The van der Waals surface area contributed by atoms with Gasteiger partial charge in [0.15, 0.2) is 10.8 Å². The molecule has 0 unspecified atom stereocenters. The molecule has 7 aromatic carbocycles. The SMILES string of the molecule is COc1ccc(COC(=O)C2=C(CCl)CS[C@H]3[C@H](NC(=O)C(=NOC(c4ccccc4)(c4ccccc4)c4ccccc4)c4csc(NC(c5ccccc5)(c5ccccc5)c5ccccc5)n4)C(=O)N23)cc1. The Balaban J connectivity index is 1.03. The van der Waals surface area contributed by atoms with Crippen molar-refractivity contribution < 1.29 is 28.7 Å². The van der Waals surface area contributed by atoms with Crippen LogP contribution in [0.4, 0.5) is 5.13 Å². The van der Waals surface area contributed by atoms with E-state index >= 15 is 4.79 Å². The van der Waals surface area contributed by atoms with Gasteiger partial charge in [-0.05, 0) is 40.0 Å². The van der Waals surface area contributed by atoms with E-state index in [-0.39, 0.29) is 29.6 Å². The number of methoxy groups -OCH3 is 1. The number of ether oxygens (including phenoxy) is 2. The molecule has 14 heteroatoms. The molecule has 0 spiro atoms. The van der Waals surface area contributed by atoms with Gasteiger partial charge in [0.2, 0.25) is 5.60 Å². The molecular formula is C59H48ClN5O6S2. The number of alkyl halides is 1. The van der Waals surface area contributed by atoms with Crippen LogP contribution in [0.1, 0.15) is 44.6 Å². The van der Waals surface area contributed by atoms with Gasteiger partial charge < -0.3 is 24.9 Å². The van der Waals surface area contributed by atoms with Gasteiger partial charge in [0.25, 0.3) is 11.8 Å². The van der Waals surface area contributed by atoms with Gasteiger partial charge in [-0.3, -0.25) is 14.5 Å². The zero-order valence-corrected chi connectivity index (χ0v) is 41.9. The summed E-state index contributed by atoms with van der Waals surface area (Å²) in [6, 6.07) is 65.6. The van der Waals surface area contributed by atoms with Gasteiger partial charge in [0.1, 0.15) is 40.7 Å². The Morgan fingerprint density at radius 2 is 1.18 bits per heavy atom. The van der Waals surface area contributed by atoms with E-state index < -0.39 is 40.3 Å². The van der Waals surface area contributed by atoms with Gasteiger partial charge in [-0.2, -0.15) is 0 Å². The minimum absolute atomic E-state index is 0.00787. The molecule has 3 heterocycles. The number of carbonyl (C=O) groups is 3. The van der Waals surface area contributed by atoms with Crippen LogP contribution in [0.15, 0.2) is 228 Å². The summed E-state index contributed by atoms with van der Waals surface area (Å²) in [5.41, 5.74) is 4.26. The van der Waals surface area contributed by atoms with E-state index in [1.807, 2.05) is 146 Å². The van der Waals surface area contributed by atoms with Crippen molar-refractivity contribution in [2.45, 2.75) is 29.2 Å². The van der Waals surface area contributed by atoms with Gasteiger partial charge in [-0.15, -0.1) is 34.7 Å². The van der Waals surface area contributed by atoms with Gasteiger partial charge in [0, 0.05) is 33.7 Å². The number of rotatable bonds is 18. The Bertz CT molecular complexity index is 3060. The zero-order chi connectivity index (χ0) is 50.2. The fourth-order valence-corrected chi connectivity index (χ4v) is 11.7. The van der Waals surface area contributed by atoms with Gasteiger partial charge in [0.05, 0.1) is 7.11 Å². The zero-order valence-electron chi connectivity index (χ0n) is 39.5. The second-order valence-electron chi connectivity index (χ2n) is 17.2. The number of hydrogen-bond donors (Lipinski definition) is 2. The predicted molar refractivity (Wildman–Crippen MR) is 287 cm³/mol. The number of amides is 2. The summed E-state index contributed by atoms with van der Waals surface area (Å²) in [5.74, 6) is -0.897. The number of aromatic nitrogens is 1. The number of nitrogens with one attached hydrogen (secondary N) is 2. The molecule has 2 N–H and O–H groups in total. The molecule has 2 atom stereocenters. The molecule has 10 rings (SSSR count). The van der Waals surface area contributed by atoms with Crippen molar-refractivity contribution in [1.29, 1.82) is 0 Å². The van der Waals surface area contributed by atoms with Crippen molar-refractivity contribution in [3.63, 3.8) is 0 Å². The summed E-state index contributed by atoms with van der Waals surface area (Å²) in [7, 11) is 1.57. The van der Waals surface area contributed by atoms with E-state index in [1.54, 1.807) is 36.8 Å². The fraction of sp³-hybridized carbons (Fsp3) is 0.136. The van der Waals surface area contributed by atoms with Crippen molar-refractivity contribution in [1.82, 2.24) is 15.2 Å². The molecule has 73 heavy (non-hydrogen) atoms. The van der Waals surface area contributed by atoms with E-state index in [2.05, 4.69) is 47.0 Å². The third kappa shape index (κ3) is 9.62. The van der Waals surface area contributed by atoms with Crippen LogP contribution in [-0.2, 0) is 41.7 Å². The molecule has 0 aliphatic carbocycles. The molecule has 1 saturated heterocycles. The topological polar surface area (TPSA) is 131 Å². The van der Waals surface area contributed by atoms with Crippen molar-refractivity contribution >= 4 is 63.3 Å². The molecule has 2 aliphatic heterocycles. The van der Waals surface area contributed by atoms with E-state index in [0.717, 1.165) is 38.9 Å². The van der Waals surface area contributed by atoms with Gasteiger partial charge in [-0.25, -0.2) is 9.78 Å². The average molecular weight is 1020 g/mol. The minimum atomic E-state index is -1.36. The number of anilines is 1. The lowest BCUT2D eigenvalue weighted by molar-refractivity contribution is -0.153. The van der Waals surface area contributed by atoms with Crippen molar-refractivity contribution in [2.75, 3.05) is 24.1 Å². The molecule has 0 radical (unpaired) electrons. The number of fused-ring (bicyclic) bond motifs is 1. The Morgan fingerprint density at radius 1 is 0.699 bits per heavy atom. The van der Waals surface area contributed by atoms with Crippen LogP contribution >= 0.6 is 34.7 Å². The maximum absolute atomic E-state index is 15.2. The summed E-state index contributed by atoms with van der Waals surface area (Å²) < 4.78 is 11.0. The smallest absolute Gasteiger partial charge is 0.355 e. The first-order chi connectivity index (χ1) is 35.8. The van der Waals surface area contributed by atoms with E-state index in [4.69, 9.17) is 36.1 Å². The van der Waals surface area contributed by atoms with E-state index in [0.29, 0.717) is 22.2 Å². The third-order valence-electron chi connectivity index (χ3n) is 12.9. The number of β-lactam (4-membered cyclic amide) rings is 1. The van der Waals surface area contributed by atoms with Crippen molar-refractivity contribution in [3.05, 3.63) is 268 Å². The molecule has 1 fully saturated rings. The van der Waals surface area contributed by atoms with Crippen LogP contribution in [0, 0.1) is 0 Å². The quantitative estimate of drug-likeness (QED) is 0.0215. The number of esters is 1. The number of thiazole rings is 1. The molecular weight excluding hydrogens is 974 g/mol. The monoisotopic (exact) mass is 1020 g/mol. The maximum Gasteiger partial charge on any atom is 0.355 e. The van der Waals surface area contributed by atoms with Gasteiger partial charge >= 0.3 is 5.97 Å². The van der Waals surface area contributed by atoms with Crippen LogP contribution in [0.2, 0.25) is 0 Å². The number of nitrogens with zero attached hydrogens (tertiary/aromatic N) is 3. The Hall–Kier alpha value is -7.97. The standard InChI is InChI=1S/C59H48ClN5O6S2/c1-69-48-34-32-40(33-35-48)37-70-56(68)52-41(36-60)38-72-55-51(54(67)65(52)55)62-53(66)50(64-71-59(45-26-14-5-15-27-45,46-28-16-6-17-29-46)47-30-18-7-19-31-47)49-39-73-57(61-49)63-58(42-20-8-2-9-21-42,43-22-10-3-11-23-43)44-24-12-4-13-25-44/h2-35,39,51,55H,36-38H2,1H3,(H,61,63)(H,62,66)/t51-,55+/m1/s1. The first-order valence-corrected chi connectivity index (χ1v) is 26.0. The third-order valence-corrected chi connectivity index (χ3v) is 15.3. The normalized spacial score (nSPS) is 15.7. The molecule has 2 aliphatic rings. The fourth-order valence-electron chi connectivity index (χ4n) is 9.30. The molecule has 1 aromatic heterocycles. The highest BCUT2D eigenvalue weighted by molar-refractivity contribution is 8.00. The molecule has 8 aromatic rings. The van der Waals surface area contributed by atoms with Crippen LogP contribution in [-0.4, -0.2) is 63.5 Å². The maximum atomic E-state index is 15.2. The molecule has 0 bridgehead atoms. The summed E-state index contributed by atoms with van der Waals surface area (Å²) in [6.45, 7) is -0.0359. The summed E-state index contributed by atoms with van der Waals surface area (Å²) >= 11 is 9.09. The Labute approximate surface area is 436 Å². The van der Waals surface area contributed by atoms with E-state index in [1.165, 1.54) is 28.0 Å². The number of carbonyl (C=O) groups excluding carboxylic acids is 3. The molecule has 0 saturated carbocycles. The lowest BCUT2D eigenvalue weighted by atomic mass is 9.77. The first kappa shape index (κ1) is 48.6. The number of thioether (sulfide) groups is 1. The predicted octanol–water partition coefficient (Wildman–Crippen LogP) is 10.9. The van der Waals surface area contributed by atoms with Crippen molar-refractivity contribution in [2.24, 2.45) is 5.16 Å². The average Bonchev–Trinajstić information content (AvgIpc) is 3.93. The molecule has 11 nitrogen and oxygen atoms in total. The number of benzene rings is 7. The lowest BCUT2D eigenvalue weighted by Gasteiger charge is -2.49. The molecule has 364 valence electrons. The largest absolute Gasteiger partial charge is 0.497 e. The second kappa shape index (κ2) is 21.8. The Kier molecular flexibility index (Phi) is 14.5. The number of halogens is 1.